The molecule has 1 nitrogen and oxygen atoms in total. The van der Waals surface area contributed by atoms with Crippen LogP contribution < -0.4 is 5.32 Å². The first kappa shape index (κ1) is 13.8. The van der Waals surface area contributed by atoms with Crippen molar-refractivity contribution in [1.82, 2.24) is 0 Å². The van der Waals surface area contributed by atoms with Gasteiger partial charge in [0.05, 0.1) is 4.47 Å². The van der Waals surface area contributed by atoms with Crippen LogP contribution in [0.4, 0.5) is 10.1 Å². The molecule has 0 saturated carbocycles. The highest BCUT2D eigenvalue weighted by Gasteiger charge is 2.04. The molecule has 0 unspecified atom stereocenters. The Morgan fingerprint density at radius 3 is 2.47 bits per heavy atom. The number of anilines is 1. The SMILES string of the molecule is C=C(Nc1ccc(C)c(C)c1)c1ccc(Br)c(F)c1. The first-order valence-electron chi connectivity index (χ1n) is 5.96. The van der Waals surface area contributed by atoms with Gasteiger partial charge in [0.15, 0.2) is 0 Å². The number of hydrogen-bond donors (Lipinski definition) is 1. The van der Waals surface area contributed by atoms with Gasteiger partial charge in [0, 0.05) is 16.9 Å². The molecule has 0 amide bonds. The van der Waals surface area contributed by atoms with Gasteiger partial charge in [0.1, 0.15) is 5.82 Å². The summed E-state index contributed by atoms with van der Waals surface area (Å²) in [7, 11) is 0. The molecule has 0 aromatic heterocycles. The van der Waals surface area contributed by atoms with Crippen molar-refractivity contribution >= 4 is 27.3 Å². The lowest BCUT2D eigenvalue weighted by molar-refractivity contribution is 0.620. The van der Waals surface area contributed by atoms with Gasteiger partial charge >= 0.3 is 0 Å². The molecule has 0 saturated heterocycles. The van der Waals surface area contributed by atoms with E-state index in [1.165, 1.54) is 17.2 Å². The van der Waals surface area contributed by atoms with Crippen molar-refractivity contribution in [2.24, 2.45) is 0 Å². The normalized spacial score (nSPS) is 10.3. The van der Waals surface area contributed by atoms with E-state index in [4.69, 9.17) is 0 Å². The second-order valence-corrected chi connectivity index (χ2v) is 5.39. The average Bonchev–Trinajstić information content (AvgIpc) is 2.37. The van der Waals surface area contributed by atoms with Crippen molar-refractivity contribution in [3.8, 4) is 0 Å². The molecule has 1 N–H and O–H groups in total. The van der Waals surface area contributed by atoms with Gasteiger partial charge in [0.2, 0.25) is 0 Å². The van der Waals surface area contributed by atoms with Gasteiger partial charge in [-0.25, -0.2) is 4.39 Å². The fourth-order valence-corrected chi connectivity index (χ4v) is 2.00. The Hall–Kier alpha value is -1.61. The molecule has 19 heavy (non-hydrogen) atoms. The lowest BCUT2D eigenvalue weighted by atomic mass is 10.1. The Kier molecular flexibility index (Phi) is 4.05. The standard InChI is InChI=1S/C16H15BrFN/c1-10-4-6-14(8-11(10)2)19-12(3)13-5-7-15(17)16(18)9-13/h4-9,19H,3H2,1-2H3. The summed E-state index contributed by atoms with van der Waals surface area (Å²) in [6.07, 6.45) is 0. The summed E-state index contributed by atoms with van der Waals surface area (Å²) in [5, 5.41) is 3.20. The van der Waals surface area contributed by atoms with E-state index >= 15 is 0 Å². The predicted molar refractivity (Wildman–Crippen MR) is 82.7 cm³/mol. The summed E-state index contributed by atoms with van der Waals surface area (Å²) in [5.41, 5.74) is 4.82. The monoisotopic (exact) mass is 319 g/mol. The Bertz CT molecular complexity index is 635. The summed E-state index contributed by atoms with van der Waals surface area (Å²) in [6, 6.07) is 11.0. The first-order chi connectivity index (χ1) is 8.97. The van der Waals surface area contributed by atoms with Crippen molar-refractivity contribution in [2.45, 2.75) is 13.8 Å². The minimum atomic E-state index is -0.291. The van der Waals surface area contributed by atoms with E-state index in [1.807, 2.05) is 18.2 Å². The molecule has 2 aromatic carbocycles. The van der Waals surface area contributed by atoms with Gasteiger partial charge < -0.3 is 5.32 Å². The zero-order valence-corrected chi connectivity index (χ0v) is 12.5. The minimum Gasteiger partial charge on any atom is -0.356 e. The van der Waals surface area contributed by atoms with Crippen LogP contribution >= 0.6 is 15.9 Å². The van der Waals surface area contributed by atoms with E-state index < -0.39 is 0 Å². The van der Waals surface area contributed by atoms with Crippen LogP contribution in [-0.4, -0.2) is 0 Å². The average molecular weight is 320 g/mol. The summed E-state index contributed by atoms with van der Waals surface area (Å²) in [6.45, 7) is 8.08. The molecule has 0 spiro atoms. The Morgan fingerprint density at radius 1 is 1.11 bits per heavy atom. The summed E-state index contributed by atoms with van der Waals surface area (Å²) in [4.78, 5) is 0. The van der Waals surface area contributed by atoms with Gasteiger partial charge in [0.25, 0.3) is 0 Å². The first-order valence-corrected chi connectivity index (χ1v) is 6.75. The van der Waals surface area contributed by atoms with Crippen molar-refractivity contribution in [3.63, 3.8) is 0 Å². The van der Waals surface area contributed by atoms with Crippen LogP contribution in [-0.2, 0) is 0 Å². The molecule has 0 bridgehead atoms. The molecule has 0 aliphatic rings. The summed E-state index contributed by atoms with van der Waals surface area (Å²) >= 11 is 3.14. The fourth-order valence-electron chi connectivity index (χ4n) is 1.75. The van der Waals surface area contributed by atoms with Crippen LogP contribution in [0.5, 0.6) is 0 Å². The molecular formula is C16H15BrFN. The smallest absolute Gasteiger partial charge is 0.138 e. The maximum absolute atomic E-state index is 13.5. The minimum absolute atomic E-state index is 0.291. The van der Waals surface area contributed by atoms with Crippen LogP contribution in [0.15, 0.2) is 47.4 Å². The molecule has 0 heterocycles. The number of hydrogen-bond acceptors (Lipinski definition) is 1. The predicted octanol–water partition coefficient (Wildman–Crippen LogP) is 5.29. The van der Waals surface area contributed by atoms with E-state index in [2.05, 4.69) is 47.7 Å². The molecule has 0 aliphatic heterocycles. The molecular weight excluding hydrogens is 305 g/mol. The number of nitrogens with one attached hydrogen (secondary N) is 1. The van der Waals surface area contributed by atoms with Crippen molar-refractivity contribution in [2.75, 3.05) is 5.32 Å². The number of aryl methyl sites for hydroxylation is 2. The fraction of sp³-hybridized carbons (Fsp3) is 0.125. The second kappa shape index (κ2) is 5.57. The van der Waals surface area contributed by atoms with Crippen molar-refractivity contribution in [1.29, 1.82) is 0 Å². The van der Waals surface area contributed by atoms with E-state index in [-0.39, 0.29) is 5.82 Å². The molecule has 0 atom stereocenters. The van der Waals surface area contributed by atoms with E-state index in [0.717, 1.165) is 11.3 Å². The Labute approximate surface area is 121 Å². The van der Waals surface area contributed by atoms with Gasteiger partial charge in [-0.2, -0.15) is 0 Å². The van der Waals surface area contributed by atoms with Gasteiger partial charge in [-0.05, 0) is 65.2 Å². The van der Waals surface area contributed by atoms with E-state index in [0.29, 0.717) is 10.2 Å². The summed E-state index contributed by atoms with van der Waals surface area (Å²) in [5.74, 6) is -0.291. The molecule has 98 valence electrons. The molecule has 3 heteroatoms. The molecule has 2 aromatic rings. The number of benzene rings is 2. The molecule has 0 radical (unpaired) electrons. The van der Waals surface area contributed by atoms with E-state index in [9.17, 15) is 4.39 Å². The third-order valence-electron chi connectivity index (χ3n) is 3.07. The highest BCUT2D eigenvalue weighted by Crippen LogP contribution is 2.23. The topological polar surface area (TPSA) is 12.0 Å². The number of rotatable bonds is 3. The van der Waals surface area contributed by atoms with Crippen LogP contribution in [0.1, 0.15) is 16.7 Å². The quantitative estimate of drug-likeness (QED) is 0.810. The largest absolute Gasteiger partial charge is 0.356 e. The lowest BCUT2D eigenvalue weighted by Gasteiger charge is -2.12. The molecule has 0 fully saturated rings. The zero-order valence-electron chi connectivity index (χ0n) is 10.9. The van der Waals surface area contributed by atoms with Crippen molar-refractivity contribution in [3.05, 3.63) is 70.0 Å². The number of halogens is 2. The maximum atomic E-state index is 13.5. The van der Waals surface area contributed by atoms with Gasteiger partial charge in [-0.1, -0.05) is 18.7 Å². The van der Waals surface area contributed by atoms with Crippen molar-refractivity contribution < 1.29 is 4.39 Å². The Balaban J connectivity index is 2.20. The van der Waals surface area contributed by atoms with Gasteiger partial charge in [-0.15, -0.1) is 0 Å². The Morgan fingerprint density at radius 2 is 1.84 bits per heavy atom. The maximum Gasteiger partial charge on any atom is 0.138 e. The lowest BCUT2D eigenvalue weighted by Crippen LogP contribution is -1.98. The van der Waals surface area contributed by atoms with Crippen LogP contribution in [0, 0.1) is 19.7 Å². The highest BCUT2D eigenvalue weighted by molar-refractivity contribution is 9.10. The second-order valence-electron chi connectivity index (χ2n) is 4.53. The third kappa shape index (κ3) is 3.24. The summed E-state index contributed by atoms with van der Waals surface area (Å²) < 4.78 is 13.9. The van der Waals surface area contributed by atoms with Crippen LogP contribution in [0.3, 0.4) is 0 Å². The van der Waals surface area contributed by atoms with Gasteiger partial charge in [-0.3, -0.25) is 0 Å². The molecule has 0 aliphatic carbocycles. The van der Waals surface area contributed by atoms with E-state index in [1.54, 1.807) is 6.07 Å². The zero-order chi connectivity index (χ0) is 14.0. The third-order valence-corrected chi connectivity index (χ3v) is 3.71. The van der Waals surface area contributed by atoms with Crippen LogP contribution in [0.2, 0.25) is 0 Å². The van der Waals surface area contributed by atoms with Crippen LogP contribution in [0.25, 0.3) is 5.70 Å². The highest BCUT2D eigenvalue weighted by atomic mass is 79.9. The molecule has 2 rings (SSSR count).